The summed E-state index contributed by atoms with van der Waals surface area (Å²) in [5.41, 5.74) is 2.58. The van der Waals surface area contributed by atoms with E-state index in [2.05, 4.69) is 48.4 Å². The van der Waals surface area contributed by atoms with Crippen molar-refractivity contribution >= 4 is 11.8 Å². The van der Waals surface area contributed by atoms with E-state index in [9.17, 15) is 9.59 Å². The predicted molar refractivity (Wildman–Crippen MR) is 149 cm³/mol. The minimum absolute atomic E-state index is 0.152. The first-order valence-electron chi connectivity index (χ1n) is 13.0. The second-order valence-electron chi connectivity index (χ2n) is 10.1. The summed E-state index contributed by atoms with van der Waals surface area (Å²) >= 11 is 1.97. The largest absolute Gasteiger partial charge is 0.387 e. The highest BCUT2D eigenvalue weighted by Gasteiger charge is 2.33. The van der Waals surface area contributed by atoms with Crippen LogP contribution in [0.1, 0.15) is 74.6 Å². The molecular formula is C30H36N2O4S. The third kappa shape index (κ3) is 6.21. The summed E-state index contributed by atoms with van der Waals surface area (Å²) < 4.78 is 10.2. The highest BCUT2D eigenvalue weighted by atomic mass is 32.2. The summed E-state index contributed by atoms with van der Waals surface area (Å²) in [6.45, 7) is 4.26. The van der Waals surface area contributed by atoms with E-state index in [1.807, 2.05) is 48.2 Å². The van der Waals surface area contributed by atoms with Gasteiger partial charge in [0.15, 0.2) is 0 Å². The van der Waals surface area contributed by atoms with Crippen molar-refractivity contribution in [3.63, 3.8) is 0 Å². The summed E-state index contributed by atoms with van der Waals surface area (Å²) in [7, 11) is 0. The van der Waals surface area contributed by atoms with Crippen molar-refractivity contribution in [2.24, 2.45) is 0 Å². The Labute approximate surface area is 221 Å². The number of benzene rings is 2. The molecular weight excluding hydrogens is 484 g/mol. The Bertz CT molecular complexity index is 1240. The highest BCUT2D eigenvalue weighted by Crippen LogP contribution is 2.36. The minimum atomic E-state index is -0.376. The topological polar surface area (TPSA) is 92.0 Å². The Balaban J connectivity index is 1.24. The van der Waals surface area contributed by atoms with Gasteiger partial charge in [0.2, 0.25) is 0 Å². The smallest absolute Gasteiger partial charge is 0.283 e. The second kappa shape index (κ2) is 12.4. The molecule has 0 amide bonds. The molecule has 2 unspecified atom stereocenters. The van der Waals surface area contributed by atoms with E-state index in [0.29, 0.717) is 11.1 Å². The van der Waals surface area contributed by atoms with Crippen LogP contribution in [0.2, 0.25) is 0 Å². The lowest BCUT2D eigenvalue weighted by atomic mass is 9.74. The van der Waals surface area contributed by atoms with Crippen LogP contribution in [0, 0.1) is 0 Å². The molecule has 2 aromatic heterocycles. The molecule has 4 aromatic rings. The number of hydrogen-bond donors (Lipinski definition) is 2. The Morgan fingerprint density at radius 3 is 1.41 bits per heavy atom. The van der Waals surface area contributed by atoms with Gasteiger partial charge >= 0.3 is 0 Å². The average molecular weight is 521 g/mol. The first-order valence-corrected chi connectivity index (χ1v) is 14.1. The maximum Gasteiger partial charge on any atom is 0.283 e. The number of aromatic nitrogens is 2. The number of nitrogens with one attached hydrogen (secondary N) is 2. The van der Waals surface area contributed by atoms with E-state index in [0.717, 1.165) is 61.2 Å². The molecule has 0 bridgehead atoms. The van der Waals surface area contributed by atoms with Gasteiger partial charge in [0, 0.05) is 10.8 Å². The standard InChI is InChI=1S/C30H36N2O4S/c1-29(23-13-5-3-6-14-23,25-21-35-31-27(25)33)17-9-11-19-37-20-12-10-18-30(2,24-15-7-4-8-16-24)26-22-36-32-28(26)34/h3-8,13-16,21-22H,9-12,17-20H2,1-2H3,(H,31,33)(H,32,34). The Morgan fingerprint density at radius 1 is 0.649 bits per heavy atom. The maximum absolute atomic E-state index is 12.4. The Kier molecular flexibility index (Phi) is 8.98. The summed E-state index contributed by atoms with van der Waals surface area (Å²) in [6, 6.07) is 20.4. The maximum atomic E-state index is 12.4. The molecule has 37 heavy (non-hydrogen) atoms. The third-order valence-electron chi connectivity index (χ3n) is 7.59. The zero-order chi connectivity index (χ0) is 26.1. The molecule has 4 rings (SSSR count). The van der Waals surface area contributed by atoms with Crippen LogP contribution in [0.5, 0.6) is 0 Å². The molecule has 0 aliphatic heterocycles. The van der Waals surface area contributed by atoms with Crippen molar-refractivity contribution in [2.75, 3.05) is 11.5 Å². The zero-order valence-electron chi connectivity index (χ0n) is 21.6. The van der Waals surface area contributed by atoms with Crippen molar-refractivity contribution in [1.29, 1.82) is 0 Å². The van der Waals surface area contributed by atoms with Gasteiger partial charge in [-0.25, -0.2) is 0 Å². The quantitative estimate of drug-likeness (QED) is 0.182. The number of H-pyrrole nitrogens is 2. The van der Waals surface area contributed by atoms with Crippen molar-refractivity contribution in [3.8, 4) is 0 Å². The molecule has 196 valence electrons. The molecule has 0 fully saturated rings. The second-order valence-corrected chi connectivity index (χ2v) is 11.3. The first-order chi connectivity index (χ1) is 17.9. The van der Waals surface area contributed by atoms with E-state index < -0.39 is 0 Å². The SMILES string of the molecule is CC(CCCCSCCCCC(C)(c1ccccc1)c1co[nH]c1=O)(c1ccccc1)c1co[nH]c1=O. The van der Waals surface area contributed by atoms with Crippen molar-refractivity contribution in [3.05, 3.63) is 116 Å². The molecule has 0 saturated carbocycles. The fourth-order valence-corrected chi connectivity index (χ4v) is 6.23. The number of rotatable bonds is 14. The van der Waals surface area contributed by atoms with Crippen LogP contribution in [0.3, 0.4) is 0 Å². The number of thioether (sulfide) groups is 1. The van der Waals surface area contributed by atoms with Gasteiger partial charge in [-0.05, 0) is 48.3 Å². The number of aromatic amines is 2. The summed E-state index contributed by atoms with van der Waals surface area (Å²) in [6.07, 6.45) is 9.12. The normalized spacial score (nSPS) is 14.8. The fourth-order valence-electron chi connectivity index (χ4n) is 5.21. The van der Waals surface area contributed by atoms with Crippen LogP contribution in [0.15, 0.2) is 91.8 Å². The van der Waals surface area contributed by atoms with E-state index >= 15 is 0 Å². The summed E-state index contributed by atoms with van der Waals surface area (Å²) in [5, 5.41) is 4.90. The van der Waals surface area contributed by atoms with Crippen molar-refractivity contribution < 1.29 is 9.05 Å². The van der Waals surface area contributed by atoms with Gasteiger partial charge in [-0.3, -0.25) is 9.59 Å². The van der Waals surface area contributed by atoms with Crippen LogP contribution in [-0.2, 0) is 10.8 Å². The molecule has 0 aliphatic rings. The third-order valence-corrected chi connectivity index (χ3v) is 8.74. The van der Waals surface area contributed by atoms with Gasteiger partial charge in [0.25, 0.3) is 11.1 Å². The van der Waals surface area contributed by atoms with Crippen LogP contribution in [-0.4, -0.2) is 21.8 Å². The van der Waals surface area contributed by atoms with E-state index in [1.54, 1.807) is 12.5 Å². The van der Waals surface area contributed by atoms with Gasteiger partial charge in [-0.2, -0.15) is 22.1 Å². The number of hydrogen-bond acceptors (Lipinski definition) is 5. The van der Waals surface area contributed by atoms with Crippen LogP contribution in [0.4, 0.5) is 0 Å². The molecule has 0 spiro atoms. The van der Waals surface area contributed by atoms with E-state index in [1.165, 1.54) is 0 Å². The molecule has 0 saturated heterocycles. The number of unbranched alkanes of at least 4 members (excludes halogenated alkanes) is 2. The summed E-state index contributed by atoms with van der Waals surface area (Å²) in [5.74, 6) is 2.17. The molecule has 2 aromatic carbocycles. The minimum Gasteiger partial charge on any atom is -0.387 e. The van der Waals surface area contributed by atoms with Crippen LogP contribution < -0.4 is 11.1 Å². The Hall–Kier alpha value is -3.19. The fraction of sp³-hybridized carbons (Fsp3) is 0.400. The van der Waals surface area contributed by atoms with Gasteiger partial charge < -0.3 is 9.05 Å². The summed E-state index contributed by atoms with van der Waals surface area (Å²) in [4.78, 5) is 24.7. The molecule has 0 radical (unpaired) electrons. The molecule has 7 heteroatoms. The lowest BCUT2D eigenvalue weighted by Gasteiger charge is -2.28. The predicted octanol–water partition coefficient (Wildman–Crippen LogP) is 6.64. The van der Waals surface area contributed by atoms with Crippen molar-refractivity contribution in [2.45, 2.75) is 63.2 Å². The zero-order valence-corrected chi connectivity index (χ0v) is 22.4. The lowest BCUT2D eigenvalue weighted by molar-refractivity contribution is 0.410. The molecule has 0 aliphatic carbocycles. The van der Waals surface area contributed by atoms with Crippen LogP contribution in [0.25, 0.3) is 0 Å². The van der Waals surface area contributed by atoms with Crippen molar-refractivity contribution in [1.82, 2.24) is 10.3 Å². The lowest BCUT2D eigenvalue weighted by Crippen LogP contribution is -2.29. The van der Waals surface area contributed by atoms with E-state index in [-0.39, 0.29) is 21.9 Å². The van der Waals surface area contributed by atoms with Crippen LogP contribution >= 0.6 is 11.8 Å². The first kappa shape index (κ1) is 26.9. The molecule has 2 heterocycles. The van der Waals surface area contributed by atoms with E-state index in [4.69, 9.17) is 9.05 Å². The average Bonchev–Trinajstić information content (AvgIpc) is 3.57. The molecule has 2 atom stereocenters. The van der Waals surface area contributed by atoms with Gasteiger partial charge in [0.1, 0.15) is 12.5 Å². The van der Waals surface area contributed by atoms with Gasteiger partial charge in [-0.1, -0.05) is 87.4 Å². The molecule has 6 nitrogen and oxygen atoms in total. The van der Waals surface area contributed by atoms with Gasteiger partial charge in [-0.15, -0.1) is 0 Å². The Morgan fingerprint density at radius 2 is 1.05 bits per heavy atom. The monoisotopic (exact) mass is 520 g/mol. The van der Waals surface area contributed by atoms with Gasteiger partial charge in [0.05, 0.1) is 11.1 Å². The molecule has 2 N–H and O–H groups in total. The highest BCUT2D eigenvalue weighted by molar-refractivity contribution is 7.99.